The summed E-state index contributed by atoms with van der Waals surface area (Å²) < 4.78 is 0. The van der Waals surface area contributed by atoms with E-state index in [1.807, 2.05) is 0 Å². The molecule has 0 aliphatic heterocycles. The zero-order valence-electron chi connectivity index (χ0n) is 11.7. The minimum atomic E-state index is -0.541. The van der Waals surface area contributed by atoms with Crippen molar-refractivity contribution >= 4 is 17.8 Å². The number of amides is 1. The number of nitro groups is 1. The fraction of sp³-hybridized carbons (Fsp3) is 0.0667. The smallest absolute Gasteiger partial charge is 0.271 e. The predicted octanol–water partition coefficient (Wildman–Crippen LogP) is 2.37. The van der Waals surface area contributed by atoms with E-state index in [-0.39, 0.29) is 17.0 Å². The van der Waals surface area contributed by atoms with Crippen molar-refractivity contribution in [2.45, 2.75) is 6.92 Å². The van der Waals surface area contributed by atoms with Crippen molar-refractivity contribution in [2.24, 2.45) is 5.10 Å². The normalized spacial score (nSPS) is 10.6. The van der Waals surface area contributed by atoms with E-state index in [0.717, 1.165) is 0 Å². The van der Waals surface area contributed by atoms with Crippen LogP contribution in [0.3, 0.4) is 0 Å². The Bertz CT molecular complexity index is 739. The van der Waals surface area contributed by atoms with Crippen LogP contribution in [0.4, 0.5) is 5.69 Å². The Hall–Kier alpha value is -3.22. The van der Waals surface area contributed by atoms with Gasteiger partial charge < -0.3 is 5.11 Å². The Kier molecular flexibility index (Phi) is 4.47. The number of carbonyl (C=O) groups is 1. The number of rotatable bonds is 4. The summed E-state index contributed by atoms with van der Waals surface area (Å²) in [6.07, 6.45) is 1.33. The van der Waals surface area contributed by atoms with Crippen molar-refractivity contribution < 1.29 is 14.8 Å². The number of hydrogen-bond donors (Lipinski definition) is 2. The minimum Gasteiger partial charge on any atom is -0.507 e. The lowest BCUT2D eigenvalue weighted by atomic mass is 10.1. The second-order valence-electron chi connectivity index (χ2n) is 4.52. The van der Waals surface area contributed by atoms with Crippen molar-refractivity contribution in [3.63, 3.8) is 0 Å². The molecule has 0 spiro atoms. The molecule has 22 heavy (non-hydrogen) atoms. The molecule has 7 heteroatoms. The first-order valence-corrected chi connectivity index (χ1v) is 6.35. The van der Waals surface area contributed by atoms with Crippen LogP contribution in [0.25, 0.3) is 0 Å². The molecule has 2 rings (SSSR count). The minimum absolute atomic E-state index is 0.0928. The molecule has 0 aliphatic carbocycles. The molecule has 0 aromatic heterocycles. The van der Waals surface area contributed by atoms with Gasteiger partial charge in [0, 0.05) is 23.3 Å². The molecular weight excluding hydrogens is 286 g/mol. The summed E-state index contributed by atoms with van der Waals surface area (Å²) in [5, 5.41) is 24.1. The number of nitro benzene ring substituents is 1. The lowest BCUT2D eigenvalue weighted by molar-refractivity contribution is -0.384. The van der Waals surface area contributed by atoms with Gasteiger partial charge in [-0.15, -0.1) is 0 Å². The first-order valence-electron chi connectivity index (χ1n) is 6.35. The third-order valence-corrected chi connectivity index (χ3v) is 2.98. The van der Waals surface area contributed by atoms with Crippen LogP contribution in [0.15, 0.2) is 47.6 Å². The maximum atomic E-state index is 11.8. The van der Waals surface area contributed by atoms with Crippen LogP contribution in [0.2, 0.25) is 0 Å². The highest BCUT2D eigenvalue weighted by atomic mass is 16.6. The van der Waals surface area contributed by atoms with Gasteiger partial charge in [0.15, 0.2) is 0 Å². The molecular formula is C15H13N3O4. The van der Waals surface area contributed by atoms with Crippen molar-refractivity contribution in [3.8, 4) is 5.75 Å². The van der Waals surface area contributed by atoms with E-state index in [9.17, 15) is 20.0 Å². The van der Waals surface area contributed by atoms with Gasteiger partial charge in [-0.2, -0.15) is 5.10 Å². The number of nitrogens with one attached hydrogen (secondary N) is 1. The van der Waals surface area contributed by atoms with Gasteiger partial charge in [-0.1, -0.05) is 12.1 Å². The molecule has 2 aromatic carbocycles. The van der Waals surface area contributed by atoms with E-state index in [0.29, 0.717) is 11.1 Å². The third-order valence-electron chi connectivity index (χ3n) is 2.98. The molecule has 0 atom stereocenters. The molecule has 7 nitrogen and oxygen atoms in total. The van der Waals surface area contributed by atoms with Crippen LogP contribution in [0.5, 0.6) is 5.75 Å². The molecule has 2 aromatic rings. The number of non-ortho nitro benzene ring substituents is 1. The zero-order valence-corrected chi connectivity index (χ0v) is 11.7. The Balaban J connectivity index is 2.04. The maximum Gasteiger partial charge on any atom is 0.271 e. The van der Waals surface area contributed by atoms with Crippen LogP contribution in [-0.2, 0) is 0 Å². The topological polar surface area (TPSA) is 105 Å². The largest absolute Gasteiger partial charge is 0.507 e. The van der Waals surface area contributed by atoms with Crippen molar-refractivity contribution in [2.75, 3.05) is 0 Å². The molecule has 0 fully saturated rings. The molecule has 112 valence electrons. The lowest BCUT2D eigenvalue weighted by Crippen LogP contribution is -2.17. The Morgan fingerprint density at radius 2 is 1.95 bits per heavy atom. The number of phenols is 1. The quantitative estimate of drug-likeness (QED) is 0.513. The summed E-state index contributed by atoms with van der Waals surface area (Å²) in [6.45, 7) is 1.75. The predicted molar refractivity (Wildman–Crippen MR) is 81.0 cm³/mol. The molecule has 0 bridgehead atoms. The van der Waals surface area contributed by atoms with Gasteiger partial charge in [0.25, 0.3) is 11.6 Å². The summed E-state index contributed by atoms with van der Waals surface area (Å²) in [6, 6.07) is 10.3. The second-order valence-corrected chi connectivity index (χ2v) is 4.52. The monoisotopic (exact) mass is 299 g/mol. The number of nitrogens with zero attached hydrogens (tertiary/aromatic N) is 2. The van der Waals surface area contributed by atoms with Crippen LogP contribution >= 0.6 is 0 Å². The fourth-order valence-electron chi connectivity index (χ4n) is 1.75. The van der Waals surface area contributed by atoms with E-state index < -0.39 is 10.8 Å². The van der Waals surface area contributed by atoms with Gasteiger partial charge in [-0.3, -0.25) is 14.9 Å². The number of aromatic hydroxyl groups is 1. The molecule has 0 heterocycles. The molecule has 0 saturated heterocycles. The van der Waals surface area contributed by atoms with Crippen molar-refractivity contribution in [1.82, 2.24) is 5.43 Å². The van der Waals surface area contributed by atoms with E-state index in [2.05, 4.69) is 10.5 Å². The molecule has 0 radical (unpaired) electrons. The number of hydrazone groups is 1. The maximum absolute atomic E-state index is 11.8. The van der Waals surface area contributed by atoms with Crippen LogP contribution in [0.1, 0.15) is 21.5 Å². The van der Waals surface area contributed by atoms with Gasteiger partial charge in [0.2, 0.25) is 0 Å². The highest BCUT2D eigenvalue weighted by Crippen LogP contribution is 2.19. The van der Waals surface area contributed by atoms with Gasteiger partial charge in [0.05, 0.1) is 11.1 Å². The number of carbonyl (C=O) groups excluding carboxylic acids is 1. The average molecular weight is 299 g/mol. The van der Waals surface area contributed by atoms with E-state index in [4.69, 9.17) is 0 Å². The second kappa shape index (κ2) is 6.49. The molecule has 0 unspecified atom stereocenters. The highest BCUT2D eigenvalue weighted by Gasteiger charge is 2.08. The summed E-state index contributed by atoms with van der Waals surface area (Å²) in [4.78, 5) is 21.8. The van der Waals surface area contributed by atoms with E-state index in [1.54, 1.807) is 25.1 Å². The first-order chi connectivity index (χ1) is 10.5. The summed E-state index contributed by atoms with van der Waals surface area (Å²) >= 11 is 0. The molecule has 2 N–H and O–H groups in total. The van der Waals surface area contributed by atoms with E-state index >= 15 is 0 Å². The Labute approximate surface area is 126 Å². The van der Waals surface area contributed by atoms with Gasteiger partial charge in [-0.05, 0) is 30.7 Å². The number of hydrogen-bond acceptors (Lipinski definition) is 5. The first kappa shape index (κ1) is 15.2. The fourth-order valence-corrected chi connectivity index (χ4v) is 1.75. The third kappa shape index (κ3) is 3.45. The lowest BCUT2D eigenvalue weighted by Gasteiger charge is -2.02. The highest BCUT2D eigenvalue weighted by molar-refractivity contribution is 5.95. The number of phenolic OH excluding ortho intramolecular Hbond substituents is 1. The van der Waals surface area contributed by atoms with Crippen LogP contribution in [-0.4, -0.2) is 22.2 Å². The zero-order chi connectivity index (χ0) is 16.1. The van der Waals surface area contributed by atoms with Crippen LogP contribution in [0, 0.1) is 17.0 Å². The molecule has 1 amide bonds. The Morgan fingerprint density at radius 3 is 2.59 bits per heavy atom. The van der Waals surface area contributed by atoms with Crippen molar-refractivity contribution in [1.29, 1.82) is 0 Å². The SMILES string of the molecule is Cc1cccc(/C=N/NC(=O)c2ccc([N+](=O)[O-])cc2)c1O. The van der Waals surface area contributed by atoms with Crippen LogP contribution < -0.4 is 5.43 Å². The summed E-state index contributed by atoms with van der Waals surface area (Å²) in [7, 11) is 0. The molecule has 0 saturated carbocycles. The van der Waals surface area contributed by atoms with Crippen molar-refractivity contribution in [3.05, 3.63) is 69.3 Å². The van der Waals surface area contributed by atoms with E-state index in [1.165, 1.54) is 30.5 Å². The summed E-state index contributed by atoms with van der Waals surface area (Å²) in [5.74, 6) is -0.408. The summed E-state index contributed by atoms with van der Waals surface area (Å²) in [5.41, 5.74) is 3.62. The Morgan fingerprint density at radius 1 is 1.27 bits per heavy atom. The van der Waals surface area contributed by atoms with Gasteiger partial charge in [-0.25, -0.2) is 5.43 Å². The number of benzene rings is 2. The molecule has 0 aliphatic rings. The average Bonchev–Trinajstić information content (AvgIpc) is 2.51. The number of para-hydroxylation sites is 1. The number of aryl methyl sites for hydroxylation is 1. The standard InChI is InChI=1S/C15H13N3O4/c1-10-3-2-4-12(14(10)19)9-16-17-15(20)11-5-7-13(8-6-11)18(21)22/h2-9,19H,1H3,(H,17,20)/b16-9+. The van der Waals surface area contributed by atoms with Gasteiger partial charge in [0.1, 0.15) is 5.75 Å². The van der Waals surface area contributed by atoms with Gasteiger partial charge >= 0.3 is 0 Å².